The Morgan fingerprint density at radius 3 is 2.56 bits per heavy atom. The van der Waals surface area contributed by atoms with E-state index in [0.29, 0.717) is 5.75 Å². The number of carbonyl (C=O) groups excluding carboxylic acids is 1. The number of rotatable bonds is 6. The highest BCUT2D eigenvalue weighted by molar-refractivity contribution is 7.99. The van der Waals surface area contributed by atoms with Crippen LogP contribution in [-0.4, -0.2) is 46.6 Å². The van der Waals surface area contributed by atoms with Gasteiger partial charge in [0.05, 0.1) is 11.4 Å². The highest BCUT2D eigenvalue weighted by atomic mass is 32.2. The number of aliphatic carboxylic acids is 1. The number of nitrogens with one attached hydrogen (secondary N) is 2. The molecule has 3 N–H and O–H groups in total. The molecule has 2 aliphatic rings. The molecule has 1 aliphatic carbocycles. The highest BCUT2D eigenvalue weighted by Crippen LogP contribution is 2.58. The van der Waals surface area contributed by atoms with Crippen LogP contribution in [0.2, 0.25) is 0 Å². The van der Waals surface area contributed by atoms with Crippen molar-refractivity contribution in [2.24, 2.45) is 5.41 Å². The van der Waals surface area contributed by atoms with E-state index in [-0.39, 0.29) is 11.8 Å². The lowest BCUT2D eigenvalue weighted by Gasteiger charge is -2.49. The van der Waals surface area contributed by atoms with Crippen molar-refractivity contribution < 1.29 is 19.4 Å². The summed E-state index contributed by atoms with van der Waals surface area (Å²) in [4.78, 5) is 28.8. The molecule has 182 valence electrons. The zero-order valence-corrected chi connectivity index (χ0v) is 20.8. The molecule has 4 rings (SSSR count). The quantitative estimate of drug-likeness (QED) is 0.526. The van der Waals surface area contributed by atoms with Gasteiger partial charge in [0.1, 0.15) is 11.1 Å². The van der Waals surface area contributed by atoms with E-state index >= 15 is 0 Å². The number of carboxylic acids is 1. The van der Waals surface area contributed by atoms with E-state index in [1.807, 2.05) is 45.2 Å². The fourth-order valence-electron chi connectivity index (χ4n) is 5.40. The fraction of sp³-hybridized carbons (Fsp3) is 0.500. The number of benzene rings is 1. The molecule has 1 aliphatic heterocycles. The molecule has 8 heteroatoms. The number of ether oxygens (including phenoxy) is 1. The van der Waals surface area contributed by atoms with E-state index in [1.54, 1.807) is 0 Å². The number of hydrogen-bond donors (Lipinski definition) is 3. The van der Waals surface area contributed by atoms with Gasteiger partial charge in [0.2, 0.25) is 0 Å². The van der Waals surface area contributed by atoms with Crippen LogP contribution in [0.5, 0.6) is 0 Å². The Bertz CT molecular complexity index is 1040. The third kappa shape index (κ3) is 4.79. The van der Waals surface area contributed by atoms with Crippen molar-refractivity contribution in [3.8, 4) is 0 Å². The number of carboxylic acid groups (broad SMARTS) is 1. The first-order chi connectivity index (χ1) is 16.2. The van der Waals surface area contributed by atoms with Gasteiger partial charge in [-0.05, 0) is 70.3 Å². The molecule has 34 heavy (non-hydrogen) atoms. The number of piperidine rings is 1. The molecular weight excluding hydrogens is 450 g/mol. The van der Waals surface area contributed by atoms with Gasteiger partial charge in [-0.15, -0.1) is 11.8 Å². The first-order valence-electron chi connectivity index (χ1n) is 11.8. The number of pyridine rings is 1. The standard InChI is InChI=1S/C26H33N3O4S/c1-24(2,3)33-23(32)29-26(19-8-9-21(28-17-19)34-15-10-22(30)31)20-7-5-4-6-18(20)16-25(26)11-13-27-14-12-25/h4-9,17,27H,10-16H2,1-3H3,(H,29,32)(H,30,31). The number of amides is 1. The van der Waals surface area contributed by atoms with E-state index in [1.165, 1.54) is 17.3 Å². The summed E-state index contributed by atoms with van der Waals surface area (Å²) in [5.41, 5.74) is 1.65. The van der Waals surface area contributed by atoms with Gasteiger partial charge in [-0.1, -0.05) is 30.3 Å². The first kappa shape index (κ1) is 24.5. The van der Waals surface area contributed by atoms with Gasteiger partial charge < -0.3 is 20.5 Å². The summed E-state index contributed by atoms with van der Waals surface area (Å²) in [7, 11) is 0. The van der Waals surface area contributed by atoms with Crippen molar-refractivity contribution in [2.75, 3.05) is 18.8 Å². The van der Waals surface area contributed by atoms with E-state index in [9.17, 15) is 9.59 Å². The van der Waals surface area contributed by atoms with Gasteiger partial charge >= 0.3 is 12.1 Å². The lowest BCUT2D eigenvalue weighted by Crippen LogP contribution is -2.59. The van der Waals surface area contributed by atoms with Gasteiger partial charge in [-0.2, -0.15) is 0 Å². The topological polar surface area (TPSA) is 101 Å². The summed E-state index contributed by atoms with van der Waals surface area (Å²) in [6, 6.07) is 12.3. The molecule has 2 heterocycles. The van der Waals surface area contributed by atoms with Crippen molar-refractivity contribution in [3.63, 3.8) is 0 Å². The zero-order valence-electron chi connectivity index (χ0n) is 20.0. The molecule has 2 aromatic rings. The lowest BCUT2D eigenvalue weighted by molar-refractivity contribution is -0.136. The molecule has 1 saturated heterocycles. The number of thioether (sulfide) groups is 1. The largest absolute Gasteiger partial charge is 0.481 e. The number of fused-ring (bicyclic) bond motifs is 1. The average Bonchev–Trinajstić information content (AvgIpc) is 3.02. The minimum Gasteiger partial charge on any atom is -0.481 e. The predicted octanol–water partition coefficient (Wildman–Crippen LogP) is 4.34. The van der Waals surface area contributed by atoms with E-state index < -0.39 is 23.2 Å². The molecule has 0 bridgehead atoms. The van der Waals surface area contributed by atoms with Crippen molar-refractivity contribution >= 4 is 23.8 Å². The molecule has 0 saturated carbocycles. The maximum atomic E-state index is 13.3. The Kier molecular flexibility index (Phi) is 6.92. The number of nitrogens with zero attached hydrogens (tertiary/aromatic N) is 1. The maximum absolute atomic E-state index is 13.3. The van der Waals surface area contributed by atoms with E-state index in [2.05, 4.69) is 33.8 Å². The Morgan fingerprint density at radius 2 is 1.91 bits per heavy atom. The second-order valence-electron chi connectivity index (χ2n) is 10.1. The van der Waals surface area contributed by atoms with Crippen molar-refractivity contribution in [1.82, 2.24) is 15.6 Å². The fourth-order valence-corrected chi connectivity index (χ4v) is 6.18. The van der Waals surface area contributed by atoms with Crippen LogP contribution in [0.4, 0.5) is 4.79 Å². The van der Waals surface area contributed by atoms with E-state index in [0.717, 1.165) is 48.5 Å². The minimum absolute atomic E-state index is 0.0850. The van der Waals surface area contributed by atoms with Crippen LogP contribution in [0.25, 0.3) is 0 Å². The highest BCUT2D eigenvalue weighted by Gasteiger charge is 2.59. The first-order valence-corrected chi connectivity index (χ1v) is 12.8. The summed E-state index contributed by atoms with van der Waals surface area (Å²) < 4.78 is 5.75. The third-order valence-electron chi connectivity index (χ3n) is 6.73. The predicted molar refractivity (Wildman–Crippen MR) is 132 cm³/mol. The van der Waals surface area contributed by atoms with Crippen molar-refractivity contribution in [3.05, 3.63) is 59.3 Å². The van der Waals surface area contributed by atoms with Crippen LogP contribution < -0.4 is 10.6 Å². The molecule has 1 aromatic carbocycles. The van der Waals surface area contributed by atoms with Gasteiger partial charge in [-0.25, -0.2) is 9.78 Å². The zero-order chi connectivity index (χ0) is 24.4. The molecule has 1 fully saturated rings. The van der Waals surface area contributed by atoms with Crippen LogP contribution >= 0.6 is 11.8 Å². The van der Waals surface area contributed by atoms with Gasteiger partial charge in [0.25, 0.3) is 0 Å². The maximum Gasteiger partial charge on any atom is 0.408 e. The summed E-state index contributed by atoms with van der Waals surface area (Å²) in [5.74, 6) is -0.360. The Labute approximate surface area is 205 Å². The lowest BCUT2D eigenvalue weighted by atomic mass is 9.62. The van der Waals surface area contributed by atoms with Crippen LogP contribution in [0.3, 0.4) is 0 Å². The van der Waals surface area contributed by atoms with Crippen LogP contribution in [0.15, 0.2) is 47.6 Å². The number of alkyl carbamates (subject to hydrolysis) is 1. The van der Waals surface area contributed by atoms with Crippen LogP contribution in [0.1, 0.15) is 56.7 Å². The minimum atomic E-state index is -0.819. The van der Waals surface area contributed by atoms with Gasteiger partial charge in [0, 0.05) is 22.9 Å². The molecular formula is C26H33N3O4S. The molecule has 1 spiro atoms. The smallest absolute Gasteiger partial charge is 0.408 e. The molecule has 1 unspecified atom stereocenters. The van der Waals surface area contributed by atoms with Crippen LogP contribution in [-0.2, 0) is 21.5 Å². The SMILES string of the molecule is CC(C)(C)OC(=O)NC1(c2ccc(SCCC(=O)O)nc2)c2ccccc2CC12CCNCC2. The molecule has 1 atom stereocenters. The number of carbonyl (C=O) groups is 2. The van der Waals surface area contributed by atoms with Crippen molar-refractivity contribution in [2.45, 2.75) is 62.6 Å². The normalized spacial score (nSPS) is 21.1. The monoisotopic (exact) mass is 483 g/mol. The van der Waals surface area contributed by atoms with Crippen LogP contribution in [0, 0.1) is 5.41 Å². The third-order valence-corrected chi connectivity index (χ3v) is 7.68. The average molecular weight is 484 g/mol. The molecule has 1 aromatic heterocycles. The second kappa shape index (κ2) is 9.58. The summed E-state index contributed by atoms with van der Waals surface area (Å²) >= 11 is 1.42. The molecule has 7 nitrogen and oxygen atoms in total. The Balaban J connectivity index is 1.78. The Hall–Kier alpha value is -2.58. The molecule has 1 amide bonds. The summed E-state index contributed by atoms with van der Waals surface area (Å²) in [6.45, 7) is 7.36. The van der Waals surface area contributed by atoms with Crippen molar-refractivity contribution in [1.29, 1.82) is 0 Å². The number of hydrogen-bond acceptors (Lipinski definition) is 6. The number of aromatic nitrogens is 1. The molecule has 0 radical (unpaired) electrons. The Morgan fingerprint density at radius 1 is 1.18 bits per heavy atom. The van der Waals surface area contributed by atoms with Gasteiger partial charge in [-0.3, -0.25) is 4.79 Å². The second-order valence-corrected chi connectivity index (χ2v) is 11.2. The van der Waals surface area contributed by atoms with E-state index in [4.69, 9.17) is 9.84 Å². The summed E-state index contributed by atoms with van der Waals surface area (Å²) in [5, 5.41) is 16.5. The summed E-state index contributed by atoms with van der Waals surface area (Å²) in [6.07, 6.45) is 4.17. The van der Waals surface area contributed by atoms with Gasteiger partial charge in [0.15, 0.2) is 0 Å².